The highest BCUT2D eigenvalue weighted by Crippen LogP contribution is 2.13. The molecule has 0 aromatic heterocycles. The molecule has 2 aromatic carbocycles. The SMILES string of the molecule is C[C@@H](O)c1ccc(CNC(=O)Nc2cccc(C#N)c2)cc1. The summed E-state index contributed by atoms with van der Waals surface area (Å²) in [5.74, 6) is 0. The van der Waals surface area contributed by atoms with Crippen LogP contribution in [0.5, 0.6) is 0 Å². The maximum Gasteiger partial charge on any atom is 0.319 e. The molecule has 1 atom stereocenters. The van der Waals surface area contributed by atoms with E-state index in [4.69, 9.17) is 5.26 Å². The molecule has 0 unspecified atom stereocenters. The second-order valence-corrected chi connectivity index (χ2v) is 4.92. The van der Waals surface area contributed by atoms with Crippen molar-refractivity contribution in [3.63, 3.8) is 0 Å². The molecule has 0 saturated heterocycles. The summed E-state index contributed by atoms with van der Waals surface area (Å²) in [6.07, 6.45) is -0.502. The Morgan fingerprint density at radius 1 is 1.27 bits per heavy atom. The maximum absolute atomic E-state index is 11.8. The van der Waals surface area contributed by atoms with Crippen LogP contribution in [0, 0.1) is 11.3 Å². The van der Waals surface area contributed by atoms with Crippen molar-refractivity contribution < 1.29 is 9.90 Å². The molecule has 22 heavy (non-hydrogen) atoms. The number of carbonyl (C=O) groups is 1. The van der Waals surface area contributed by atoms with Crippen molar-refractivity contribution in [3.8, 4) is 6.07 Å². The van der Waals surface area contributed by atoms with E-state index in [1.54, 1.807) is 31.2 Å². The molecule has 5 heteroatoms. The third kappa shape index (κ3) is 4.33. The van der Waals surface area contributed by atoms with Gasteiger partial charge in [-0.2, -0.15) is 5.26 Å². The van der Waals surface area contributed by atoms with Gasteiger partial charge in [0.25, 0.3) is 0 Å². The standard InChI is InChI=1S/C17H17N3O2/c1-12(21)15-7-5-13(6-8-15)11-19-17(22)20-16-4-2-3-14(9-16)10-18/h2-9,12,21H,11H2,1H3,(H2,19,20,22)/t12-/m1/s1. The van der Waals surface area contributed by atoms with Gasteiger partial charge in [-0.25, -0.2) is 4.79 Å². The lowest BCUT2D eigenvalue weighted by Gasteiger charge is -2.09. The van der Waals surface area contributed by atoms with Gasteiger partial charge < -0.3 is 15.7 Å². The van der Waals surface area contributed by atoms with Crippen LogP contribution in [0.4, 0.5) is 10.5 Å². The number of aliphatic hydroxyl groups excluding tert-OH is 1. The first-order valence-electron chi connectivity index (χ1n) is 6.90. The molecule has 2 aromatic rings. The quantitative estimate of drug-likeness (QED) is 0.810. The van der Waals surface area contributed by atoms with Crippen LogP contribution in [0.2, 0.25) is 0 Å². The van der Waals surface area contributed by atoms with Crippen LogP contribution >= 0.6 is 0 Å². The molecule has 112 valence electrons. The Hall–Kier alpha value is -2.84. The molecule has 2 amide bonds. The zero-order chi connectivity index (χ0) is 15.9. The number of nitrogens with one attached hydrogen (secondary N) is 2. The average Bonchev–Trinajstić information content (AvgIpc) is 2.53. The van der Waals surface area contributed by atoms with Crippen LogP contribution in [0.1, 0.15) is 29.7 Å². The molecule has 0 saturated carbocycles. The largest absolute Gasteiger partial charge is 0.389 e. The van der Waals surface area contributed by atoms with Crippen LogP contribution in [0.3, 0.4) is 0 Å². The zero-order valence-corrected chi connectivity index (χ0v) is 12.2. The molecule has 3 N–H and O–H groups in total. The van der Waals surface area contributed by atoms with Crippen molar-refractivity contribution in [2.24, 2.45) is 0 Å². The molecular weight excluding hydrogens is 278 g/mol. The van der Waals surface area contributed by atoms with E-state index in [0.717, 1.165) is 11.1 Å². The van der Waals surface area contributed by atoms with Gasteiger partial charge in [0.1, 0.15) is 0 Å². The molecule has 0 spiro atoms. The van der Waals surface area contributed by atoms with E-state index in [2.05, 4.69) is 10.6 Å². The van der Waals surface area contributed by atoms with Gasteiger partial charge in [0.15, 0.2) is 0 Å². The Kier molecular flexibility index (Phi) is 5.12. The summed E-state index contributed by atoms with van der Waals surface area (Å²) in [5, 5.41) is 23.7. The number of anilines is 1. The molecule has 0 bridgehead atoms. The number of urea groups is 1. The minimum atomic E-state index is -0.502. The van der Waals surface area contributed by atoms with Gasteiger partial charge in [-0.3, -0.25) is 0 Å². The average molecular weight is 295 g/mol. The smallest absolute Gasteiger partial charge is 0.319 e. The predicted molar refractivity (Wildman–Crippen MR) is 84.1 cm³/mol. The van der Waals surface area contributed by atoms with Gasteiger partial charge in [0.2, 0.25) is 0 Å². The fraction of sp³-hybridized carbons (Fsp3) is 0.176. The summed E-state index contributed by atoms with van der Waals surface area (Å²) < 4.78 is 0. The summed E-state index contributed by atoms with van der Waals surface area (Å²) in [4.78, 5) is 11.8. The Bertz CT molecular complexity index is 688. The van der Waals surface area contributed by atoms with Gasteiger partial charge in [-0.15, -0.1) is 0 Å². The monoisotopic (exact) mass is 295 g/mol. The Morgan fingerprint density at radius 3 is 2.64 bits per heavy atom. The number of aliphatic hydroxyl groups is 1. The van der Waals surface area contributed by atoms with Crippen molar-refractivity contribution in [2.45, 2.75) is 19.6 Å². The fourth-order valence-electron chi connectivity index (χ4n) is 1.94. The minimum Gasteiger partial charge on any atom is -0.389 e. The van der Waals surface area contributed by atoms with E-state index in [1.165, 1.54) is 0 Å². The molecular formula is C17H17N3O2. The van der Waals surface area contributed by atoms with E-state index < -0.39 is 6.10 Å². The molecule has 2 rings (SSSR count). The van der Waals surface area contributed by atoms with Crippen molar-refractivity contribution in [2.75, 3.05) is 5.32 Å². The van der Waals surface area contributed by atoms with Crippen LogP contribution < -0.4 is 10.6 Å². The summed E-state index contributed by atoms with van der Waals surface area (Å²) >= 11 is 0. The van der Waals surface area contributed by atoms with Gasteiger partial charge >= 0.3 is 6.03 Å². The lowest BCUT2D eigenvalue weighted by atomic mass is 10.1. The van der Waals surface area contributed by atoms with E-state index in [-0.39, 0.29) is 6.03 Å². The van der Waals surface area contributed by atoms with Gasteiger partial charge in [0.05, 0.1) is 17.7 Å². The Labute approximate surface area is 129 Å². The van der Waals surface area contributed by atoms with Crippen molar-refractivity contribution in [3.05, 3.63) is 65.2 Å². The second kappa shape index (κ2) is 7.25. The van der Waals surface area contributed by atoms with Gasteiger partial charge in [-0.05, 0) is 36.2 Å². The molecule has 0 fully saturated rings. The topological polar surface area (TPSA) is 85.2 Å². The fourth-order valence-corrected chi connectivity index (χ4v) is 1.94. The summed E-state index contributed by atoms with van der Waals surface area (Å²) in [6, 6.07) is 15.8. The van der Waals surface area contributed by atoms with E-state index in [1.807, 2.05) is 30.3 Å². The lowest BCUT2D eigenvalue weighted by molar-refractivity contribution is 0.199. The number of rotatable bonds is 4. The first-order chi connectivity index (χ1) is 10.6. The zero-order valence-electron chi connectivity index (χ0n) is 12.2. The normalized spacial score (nSPS) is 11.3. The summed E-state index contributed by atoms with van der Waals surface area (Å²) in [7, 11) is 0. The number of nitriles is 1. The number of benzene rings is 2. The highest BCUT2D eigenvalue weighted by molar-refractivity contribution is 5.89. The number of hydrogen-bond acceptors (Lipinski definition) is 3. The molecule has 0 aliphatic carbocycles. The number of nitrogens with zero attached hydrogens (tertiary/aromatic N) is 1. The summed E-state index contributed by atoms with van der Waals surface area (Å²) in [6.45, 7) is 2.08. The molecule has 0 heterocycles. The highest BCUT2D eigenvalue weighted by atomic mass is 16.3. The van der Waals surface area contributed by atoms with Crippen LogP contribution in [0.25, 0.3) is 0 Å². The Balaban J connectivity index is 1.88. The van der Waals surface area contributed by atoms with Crippen molar-refractivity contribution in [1.82, 2.24) is 5.32 Å². The van der Waals surface area contributed by atoms with Crippen LogP contribution in [-0.2, 0) is 6.54 Å². The van der Waals surface area contributed by atoms with Crippen LogP contribution in [0.15, 0.2) is 48.5 Å². The first kappa shape index (κ1) is 15.5. The molecule has 0 radical (unpaired) electrons. The van der Waals surface area contributed by atoms with Gasteiger partial charge in [0, 0.05) is 12.2 Å². The number of amides is 2. The molecule has 0 aliphatic rings. The molecule has 0 aliphatic heterocycles. The molecule has 5 nitrogen and oxygen atoms in total. The highest BCUT2D eigenvalue weighted by Gasteiger charge is 2.04. The first-order valence-corrected chi connectivity index (χ1v) is 6.90. The third-order valence-corrected chi connectivity index (χ3v) is 3.16. The van der Waals surface area contributed by atoms with Crippen molar-refractivity contribution in [1.29, 1.82) is 5.26 Å². The third-order valence-electron chi connectivity index (χ3n) is 3.16. The van der Waals surface area contributed by atoms with Crippen molar-refractivity contribution >= 4 is 11.7 Å². The van der Waals surface area contributed by atoms with Gasteiger partial charge in [-0.1, -0.05) is 30.3 Å². The second-order valence-electron chi connectivity index (χ2n) is 4.92. The minimum absolute atomic E-state index is 0.338. The lowest BCUT2D eigenvalue weighted by Crippen LogP contribution is -2.28. The number of carbonyl (C=O) groups excluding carboxylic acids is 1. The predicted octanol–water partition coefficient (Wildman–Crippen LogP) is 2.93. The Morgan fingerprint density at radius 2 is 2.00 bits per heavy atom. The van der Waals surface area contributed by atoms with Crippen LogP contribution in [-0.4, -0.2) is 11.1 Å². The van der Waals surface area contributed by atoms with E-state index in [0.29, 0.717) is 17.8 Å². The van der Waals surface area contributed by atoms with E-state index in [9.17, 15) is 9.90 Å². The maximum atomic E-state index is 11.8. The number of hydrogen-bond donors (Lipinski definition) is 3. The van der Waals surface area contributed by atoms with E-state index >= 15 is 0 Å². The summed E-state index contributed by atoms with van der Waals surface area (Å²) in [5.41, 5.74) is 2.83.